The molecular weight excluding hydrogens is 192 g/mol. The van der Waals surface area contributed by atoms with Crippen LogP contribution < -0.4 is 5.69 Å². The maximum atomic E-state index is 11.4. The average Bonchev–Trinajstić information content (AvgIpc) is 2.64. The summed E-state index contributed by atoms with van der Waals surface area (Å²) in [5.41, 5.74) is 2.77. The van der Waals surface area contributed by atoms with E-state index >= 15 is 0 Å². The lowest BCUT2D eigenvalue weighted by Crippen LogP contribution is -2.17. The lowest BCUT2D eigenvalue weighted by Gasteiger charge is -2.08. The maximum Gasteiger partial charge on any atom is 0.365 e. The molecule has 2 rings (SSSR count). The summed E-state index contributed by atoms with van der Waals surface area (Å²) >= 11 is 0. The van der Waals surface area contributed by atoms with Gasteiger partial charge in [0.15, 0.2) is 0 Å². The number of H-pyrrole nitrogens is 1. The molecule has 0 saturated heterocycles. The number of aromatic amines is 1. The number of nitrogens with zero attached hydrogens (tertiary/aromatic N) is 3. The molecular formula is C10H12N4O. The Morgan fingerprint density at radius 3 is 2.87 bits per heavy atom. The molecule has 0 aliphatic carbocycles. The molecule has 0 radical (unpaired) electrons. The van der Waals surface area contributed by atoms with Crippen molar-refractivity contribution < 1.29 is 0 Å². The van der Waals surface area contributed by atoms with E-state index in [1.165, 1.54) is 4.68 Å². The third-order valence-electron chi connectivity index (χ3n) is 2.44. The maximum absolute atomic E-state index is 11.4. The van der Waals surface area contributed by atoms with Gasteiger partial charge in [0.05, 0.1) is 5.69 Å². The molecule has 1 aromatic heterocycles. The zero-order valence-electron chi connectivity index (χ0n) is 8.69. The summed E-state index contributed by atoms with van der Waals surface area (Å²) in [6.07, 6.45) is 0.862. The van der Waals surface area contributed by atoms with Crippen LogP contribution in [0.25, 0.3) is 5.69 Å². The van der Waals surface area contributed by atoms with Gasteiger partial charge in [0, 0.05) is 0 Å². The molecule has 0 fully saturated rings. The molecule has 5 nitrogen and oxygen atoms in total. The third-order valence-corrected chi connectivity index (χ3v) is 2.44. The van der Waals surface area contributed by atoms with Gasteiger partial charge in [-0.2, -0.15) is 4.68 Å². The van der Waals surface area contributed by atoms with Crippen LogP contribution >= 0.6 is 0 Å². The topological polar surface area (TPSA) is 63.6 Å². The van der Waals surface area contributed by atoms with Crippen molar-refractivity contribution >= 4 is 0 Å². The van der Waals surface area contributed by atoms with E-state index < -0.39 is 0 Å². The second kappa shape index (κ2) is 3.68. The van der Waals surface area contributed by atoms with Crippen molar-refractivity contribution in [3.8, 4) is 5.69 Å². The molecule has 0 aliphatic rings. The van der Waals surface area contributed by atoms with Crippen molar-refractivity contribution in [2.75, 3.05) is 0 Å². The van der Waals surface area contributed by atoms with Gasteiger partial charge in [-0.15, -0.1) is 0 Å². The summed E-state index contributed by atoms with van der Waals surface area (Å²) in [4.78, 5) is 11.4. The Balaban J connectivity index is 2.68. The molecule has 1 heterocycles. The molecule has 1 aromatic carbocycles. The summed E-state index contributed by atoms with van der Waals surface area (Å²) in [6.45, 7) is 4.07. The van der Waals surface area contributed by atoms with E-state index in [-0.39, 0.29) is 5.69 Å². The molecule has 78 valence electrons. The van der Waals surface area contributed by atoms with Crippen LogP contribution in [0, 0.1) is 6.92 Å². The lowest BCUT2D eigenvalue weighted by molar-refractivity contribution is 0.770. The van der Waals surface area contributed by atoms with Crippen LogP contribution in [0.5, 0.6) is 0 Å². The minimum Gasteiger partial charge on any atom is -0.244 e. The SMILES string of the molecule is CCc1c(C)cccc1-n1nn[nH]c1=O. The zero-order valence-corrected chi connectivity index (χ0v) is 8.69. The van der Waals surface area contributed by atoms with E-state index in [9.17, 15) is 4.79 Å². The van der Waals surface area contributed by atoms with Crippen LogP contribution in [0.4, 0.5) is 0 Å². The minimum absolute atomic E-state index is 0.310. The van der Waals surface area contributed by atoms with Crippen LogP contribution in [0.1, 0.15) is 18.1 Å². The number of aryl methyl sites for hydroxylation is 1. The molecule has 5 heteroatoms. The van der Waals surface area contributed by atoms with Gasteiger partial charge in [-0.1, -0.05) is 19.1 Å². The van der Waals surface area contributed by atoms with Crippen molar-refractivity contribution in [3.63, 3.8) is 0 Å². The van der Waals surface area contributed by atoms with Crippen LogP contribution in [-0.2, 0) is 6.42 Å². The summed E-state index contributed by atoms with van der Waals surface area (Å²) in [7, 11) is 0. The van der Waals surface area contributed by atoms with Gasteiger partial charge in [0.2, 0.25) is 0 Å². The smallest absolute Gasteiger partial charge is 0.244 e. The van der Waals surface area contributed by atoms with E-state index in [0.29, 0.717) is 0 Å². The summed E-state index contributed by atoms with van der Waals surface area (Å²) in [6, 6.07) is 5.80. The number of rotatable bonds is 2. The normalized spacial score (nSPS) is 10.5. The van der Waals surface area contributed by atoms with E-state index in [0.717, 1.165) is 23.2 Å². The Labute approximate surface area is 86.7 Å². The number of nitrogens with one attached hydrogen (secondary N) is 1. The first-order valence-electron chi connectivity index (χ1n) is 4.83. The van der Waals surface area contributed by atoms with Gasteiger partial charge in [-0.25, -0.2) is 9.89 Å². The number of hydrogen-bond donors (Lipinski definition) is 1. The highest BCUT2D eigenvalue weighted by molar-refractivity contribution is 5.44. The molecule has 0 aliphatic heterocycles. The average molecular weight is 204 g/mol. The Bertz CT molecular complexity index is 526. The van der Waals surface area contributed by atoms with Crippen molar-refractivity contribution in [1.29, 1.82) is 0 Å². The van der Waals surface area contributed by atoms with Crippen molar-refractivity contribution in [2.45, 2.75) is 20.3 Å². The van der Waals surface area contributed by atoms with Gasteiger partial charge >= 0.3 is 5.69 Å². The van der Waals surface area contributed by atoms with Gasteiger partial charge in [-0.05, 0) is 41.0 Å². The Hall–Kier alpha value is -1.91. The predicted molar refractivity (Wildman–Crippen MR) is 56.1 cm³/mol. The van der Waals surface area contributed by atoms with Crippen molar-refractivity contribution in [2.24, 2.45) is 0 Å². The summed E-state index contributed by atoms with van der Waals surface area (Å²) in [5.74, 6) is 0. The Morgan fingerprint density at radius 2 is 2.27 bits per heavy atom. The molecule has 0 atom stereocenters. The van der Waals surface area contributed by atoms with Crippen LogP contribution in [0.2, 0.25) is 0 Å². The Kier molecular flexibility index (Phi) is 2.37. The van der Waals surface area contributed by atoms with Crippen molar-refractivity contribution in [3.05, 3.63) is 39.8 Å². The zero-order chi connectivity index (χ0) is 10.8. The highest BCUT2D eigenvalue weighted by Gasteiger charge is 2.08. The highest BCUT2D eigenvalue weighted by Crippen LogP contribution is 2.16. The number of aromatic nitrogens is 4. The van der Waals surface area contributed by atoms with Crippen LogP contribution in [0.15, 0.2) is 23.0 Å². The standard InChI is InChI=1S/C10H12N4O/c1-3-8-7(2)5-4-6-9(8)14-10(15)11-12-13-14/h4-6H,3H2,1-2H3,(H,11,13,15). The van der Waals surface area contributed by atoms with E-state index in [4.69, 9.17) is 0 Å². The number of tetrazole rings is 1. The Morgan fingerprint density at radius 1 is 1.47 bits per heavy atom. The number of hydrogen-bond acceptors (Lipinski definition) is 3. The molecule has 0 spiro atoms. The van der Waals surface area contributed by atoms with Crippen LogP contribution in [-0.4, -0.2) is 20.2 Å². The molecule has 0 unspecified atom stereocenters. The molecule has 1 N–H and O–H groups in total. The van der Waals surface area contributed by atoms with E-state index in [2.05, 4.69) is 22.4 Å². The fraction of sp³-hybridized carbons (Fsp3) is 0.300. The van der Waals surface area contributed by atoms with Gasteiger partial charge in [0.1, 0.15) is 0 Å². The fourth-order valence-electron chi connectivity index (χ4n) is 1.70. The quantitative estimate of drug-likeness (QED) is 0.787. The first-order valence-corrected chi connectivity index (χ1v) is 4.83. The first kappa shape index (κ1) is 9.64. The van der Waals surface area contributed by atoms with E-state index in [1.54, 1.807) is 0 Å². The first-order chi connectivity index (χ1) is 7.24. The minimum atomic E-state index is -0.310. The third kappa shape index (κ3) is 1.56. The van der Waals surface area contributed by atoms with Gasteiger partial charge in [0.25, 0.3) is 0 Å². The summed E-state index contributed by atoms with van der Waals surface area (Å²) < 4.78 is 1.28. The van der Waals surface area contributed by atoms with Crippen LogP contribution in [0.3, 0.4) is 0 Å². The molecule has 0 saturated carbocycles. The molecule has 0 amide bonds. The van der Waals surface area contributed by atoms with Gasteiger partial charge < -0.3 is 0 Å². The molecule has 15 heavy (non-hydrogen) atoms. The highest BCUT2D eigenvalue weighted by atomic mass is 16.2. The van der Waals surface area contributed by atoms with E-state index in [1.807, 2.05) is 25.1 Å². The second-order valence-electron chi connectivity index (χ2n) is 3.34. The monoisotopic (exact) mass is 204 g/mol. The molecule has 2 aromatic rings. The predicted octanol–water partition coefficient (Wildman–Crippen LogP) is 0.826. The fourth-order valence-corrected chi connectivity index (χ4v) is 1.70. The largest absolute Gasteiger partial charge is 0.365 e. The number of benzene rings is 1. The second-order valence-corrected chi connectivity index (χ2v) is 3.34. The van der Waals surface area contributed by atoms with Gasteiger partial charge in [-0.3, -0.25) is 0 Å². The lowest BCUT2D eigenvalue weighted by atomic mass is 10.0. The summed E-state index contributed by atoms with van der Waals surface area (Å²) in [5, 5.41) is 9.50. The molecule has 0 bridgehead atoms. The van der Waals surface area contributed by atoms with Crippen molar-refractivity contribution in [1.82, 2.24) is 20.2 Å².